The van der Waals surface area contributed by atoms with Gasteiger partial charge in [-0.05, 0) is 31.6 Å². The highest BCUT2D eigenvalue weighted by Gasteiger charge is 2.10. The monoisotopic (exact) mass is 168 g/mol. The SMILES string of the molecule is CC=C(CC)CC(C)C(C)CC. The second kappa shape index (κ2) is 6.28. The highest BCUT2D eigenvalue weighted by molar-refractivity contribution is 5.00. The largest absolute Gasteiger partial charge is 0.0885 e. The number of hydrogen-bond acceptors (Lipinski definition) is 0. The molecule has 0 saturated carbocycles. The number of hydrogen-bond donors (Lipinski definition) is 0. The van der Waals surface area contributed by atoms with E-state index in [2.05, 4.69) is 40.7 Å². The van der Waals surface area contributed by atoms with Gasteiger partial charge >= 0.3 is 0 Å². The van der Waals surface area contributed by atoms with Gasteiger partial charge in [-0.1, -0.05) is 45.8 Å². The van der Waals surface area contributed by atoms with Crippen LogP contribution in [0.5, 0.6) is 0 Å². The van der Waals surface area contributed by atoms with Gasteiger partial charge in [0.15, 0.2) is 0 Å². The Bertz CT molecular complexity index is 133. The van der Waals surface area contributed by atoms with Gasteiger partial charge in [-0.15, -0.1) is 0 Å². The van der Waals surface area contributed by atoms with E-state index in [9.17, 15) is 0 Å². The quantitative estimate of drug-likeness (QED) is 0.533. The Morgan fingerprint density at radius 1 is 1.17 bits per heavy atom. The third-order valence-corrected chi connectivity index (χ3v) is 3.06. The first-order valence-electron chi connectivity index (χ1n) is 5.29. The molecule has 0 nitrogen and oxygen atoms in total. The maximum absolute atomic E-state index is 2.37. The highest BCUT2D eigenvalue weighted by Crippen LogP contribution is 2.23. The van der Waals surface area contributed by atoms with Crippen molar-refractivity contribution in [1.82, 2.24) is 0 Å². The molecule has 0 saturated heterocycles. The molecule has 0 aliphatic heterocycles. The molecule has 0 heterocycles. The van der Waals surface area contributed by atoms with E-state index in [1.807, 2.05) is 0 Å². The second-order valence-electron chi connectivity index (χ2n) is 3.87. The zero-order valence-corrected chi connectivity index (χ0v) is 9.35. The van der Waals surface area contributed by atoms with E-state index >= 15 is 0 Å². The molecule has 0 aromatic heterocycles. The van der Waals surface area contributed by atoms with Crippen LogP contribution in [0, 0.1) is 11.8 Å². The molecular formula is C12H24. The van der Waals surface area contributed by atoms with E-state index < -0.39 is 0 Å². The van der Waals surface area contributed by atoms with Crippen molar-refractivity contribution in [2.75, 3.05) is 0 Å². The Morgan fingerprint density at radius 3 is 2.08 bits per heavy atom. The molecule has 0 radical (unpaired) electrons. The molecule has 0 aliphatic rings. The molecule has 2 atom stereocenters. The van der Waals surface area contributed by atoms with Crippen LogP contribution in [0.15, 0.2) is 11.6 Å². The maximum Gasteiger partial charge on any atom is -0.0292 e. The minimum absolute atomic E-state index is 0.848. The van der Waals surface area contributed by atoms with Crippen LogP contribution in [0.3, 0.4) is 0 Å². The fraction of sp³-hybridized carbons (Fsp3) is 0.833. The summed E-state index contributed by atoms with van der Waals surface area (Å²) in [5.41, 5.74) is 1.61. The van der Waals surface area contributed by atoms with Crippen molar-refractivity contribution < 1.29 is 0 Å². The Kier molecular flexibility index (Phi) is 6.14. The molecule has 0 aromatic carbocycles. The van der Waals surface area contributed by atoms with Gasteiger partial charge < -0.3 is 0 Å². The van der Waals surface area contributed by atoms with Gasteiger partial charge in [0.05, 0.1) is 0 Å². The van der Waals surface area contributed by atoms with Gasteiger partial charge in [-0.3, -0.25) is 0 Å². The summed E-state index contributed by atoms with van der Waals surface area (Å²) in [6.07, 6.45) is 6.10. The Balaban J connectivity index is 3.89. The standard InChI is InChI=1S/C12H24/c1-6-10(4)11(5)9-12(7-2)8-3/h7,10-11H,6,8-9H2,1-5H3. The first-order valence-corrected chi connectivity index (χ1v) is 5.29. The maximum atomic E-state index is 2.37. The zero-order chi connectivity index (χ0) is 9.56. The van der Waals surface area contributed by atoms with Crippen molar-refractivity contribution in [3.05, 3.63) is 11.6 Å². The first-order chi connectivity index (χ1) is 5.65. The van der Waals surface area contributed by atoms with Crippen LogP contribution in [0.4, 0.5) is 0 Å². The lowest BCUT2D eigenvalue weighted by molar-refractivity contribution is 0.372. The van der Waals surface area contributed by atoms with Crippen molar-refractivity contribution in [3.8, 4) is 0 Å². The fourth-order valence-corrected chi connectivity index (χ4v) is 1.48. The summed E-state index contributed by atoms with van der Waals surface area (Å²) >= 11 is 0. The summed E-state index contributed by atoms with van der Waals surface area (Å²) in [5.74, 6) is 1.72. The van der Waals surface area contributed by atoms with Crippen LogP contribution >= 0.6 is 0 Å². The molecule has 72 valence electrons. The van der Waals surface area contributed by atoms with E-state index in [0.717, 1.165) is 11.8 Å². The predicted molar refractivity (Wildman–Crippen MR) is 57.3 cm³/mol. The molecule has 0 aromatic rings. The van der Waals surface area contributed by atoms with Crippen molar-refractivity contribution in [2.24, 2.45) is 11.8 Å². The molecule has 2 unspecified atom stereocenters. The topological polar surface area (TPSA) is 0 Å². The van der Waals surface area contributed by atoms with Crippen LogP contribution < -0.4 is 0 Å². The molecule has 0 amide bonds. The lowest BCUT2D eigenvalue weighted by atomic mass is 9.87. The summed E-state index contributed by atoms with van der Waals surface area (Å²) in [6.45, 7) is 11.4. The zero-order valence-electron chi connectivity index (χ0n) is 9.35. The summed E-state index contributed by atoms with van der Waals surface area (Å²) in [5, 5.41) is 0. The van der Waals surface area contributed by atoms with Crippen LogP contribution in [-0.4, -0.2) is 0 Å². The summed E-state index contributed by atoms with van der Waals surface area (Å²) in [4.78, 5) is 0. The smallest absolute Gasteiger partial charge is 0.0292 e. The molecule has 0 rings (SSSR count). The van der Waals surface area contributed by atoms with Crippen LogP contribution in [-0.2, 0) is 0 Å². The van der Waals surface area contributed by atoms with E-state index in [4.69, 9.17) is 0 Å². The predicted octanol–water partition coefficient (Wildman–Crippen LogP) is 4.42. The minimum Gasteiger partial charge on any atom is -0.0885 e. The van der Waals surface area contributed by atoms with E-state index in [-0.39, 0.29) is 0 Å². The molecule has 12 heavy (non-hydrogen) atoms. The van der Waals surface area contributed by atoms with Gasteiger partial charge in [0.2, 0.25) is 0 Å². The van der Waals surface area contributed by atoms with Gasteiger partial charge in [-0.2, -0.15) is 0 Å². The molecule has 0 heteroatoms. The minimum atomic E-state index is 0.848. The van der Waals surface area contributed by atoms with Gasteiger partial charge in [-0.25, -0.2) is 0 Å². The van der Waals surface area contributed by atoms with Gasteiger partial charge in [0.25, 0.3) is 0 Å². The van der Waals surface area contributed by atoms with Gasteiger partial charge in [0, 0.05) is 0 Å². The van der Waals surface area contributed by atoms with Crippen LogP contribution in [0.25, 0.3) is 0 Å². The normalized spacial score (nSPS) is 17.6. The third kappa shape index (κ3) is 3.94. The van der Waals surface area contributed by atoms with Crippen molar-refractivity contribution in [1.29, 1.82) is 0 Å². The van der Waals surface area contributed by atoms with Crippen molar-refractivity contribution in [2.45, 2.75) is 53.9 Å². The average molecular weight is 168 g/mol. The van der Waals surface area contributed by atoms with E-state index in [1.165, 1.54) is 19.3 Å². The lowest BCUT2D eigenvalue weighted by Crippen LogP contribution is -2.07. The van der Waals surface area contributed by atoms with Gasteiger partial charge in [0.1, 0.15) is 0 Å². The number of rotatable bonds is 5. The molecule has 0 spiro atoms. The third-order valence-electron chi connectivity index (χ3n) is 3.06. The lowest BCUT2D eigenvalue weighted by Gasteiger charge is -2.19. The first kappa shape index (κ1) is 11.7. The van der Waals surface area contributed by atoms with E-state index in [1.54, 1.807) is 5.57 Å². The Hall–Kier alpha value is -0.260. The van der Waals surface area contributed by atoms with Crippen molar-refractivity contribution in [3.63, 3.8) is 0 Å². The van der Waals surface area contributed by atoms with Crippen molar-refractivity contribution >= 4 is 0 Å². The molecule has 0 N–H and O–H groups in total. The molecule has 0 fully saturated rings. The molecular weight excluding hydrogens is 144 g/mol. The average Bonchev–Trinajstić information content (AvgIpc) is 2.12. The van der Waals surface area contributed by atoms with Crippen LogP contribution in [0.1, 0.15) is 53.9 Å². The van der Waals surface area contributed by atoms with E-state index in [0.29, 0.717) is 0 Å². The summed E-state index contributed by atoms with van der Waals surface area (Å²) in [7, 11) is 0. The fourth-order valence-electron chi connectivity index (χ4n) is 1.48. The second-order valence-corrected chi connectivity index (χ2v) is 3.87. The Morgan fingerprint density at radius 2 is 1.75 bits per heavy atom. The number of allylic oxidation sites excluding steroid dienone is 2. The highest BCUT2D eigenvalue weighted by atomic mass is 14.2. The molecule has 0 aliphatic carbocycles. The van der Waals surface area contributed by atoms with Crippen LogP contribution in [0.2, 0.25) is 0 Å². The Labute approximate surface area is 78.1 Å². The summed E-state index contributed by atoms with van der Waals surface area (Å²) in [6, 6.07) is 0. The summed E-state index contributed by atoms with van der Waals surface area (Å²) < 4.78 is 0. The molecule has 0 bridgehead atoms.